The Balaban J connectivity index is 2.67. The van der Waals surface area contributed by atoms with Gasteiger partial charge in [-0.15, -0.1) is 0 Å². The molecule has 0 aliphatic rings. The first-order valence-electron chi connectivity index (χ1n) is 5.29. The highest BCUT2D eigenvalue weighted by Gasteiger charge is 2.15. The van der Waals surface area contributed by atoms with Gasteiger partial charge in [0.1, 0.15) is 6.54 Å². The summed E-state index contributed by atoms with van der Waals surface area (Å²) in [6, 6.07) is 6.31. The number of carbonyl (C=O) groups is 1. The topological polar surface area (TPSA) is 84.5 Å². The zero-order valence-electron chi connectivity index (χ0n) is 10.5. The molecular weight excluding hydrogens is 288 g/mol. The van der Waals surface area contributed by atoms with E-state index in [1.165, 1.54) is 19.2 Å². The predicted octanol–water partition coefficient (Wildman–Crippen LogP) is 0.321. The van der Waals surface area contributed by atoms with Gasteiger partial charge in [-0.05, 0) is 31.3 Å². The Morgan fingerprint density at radius 3 is 2.42 bits per heavy atom. The van der Waals surface area contributed by atoms with E-state index in [-0.39, 0.29) is 16.6 Å². The number of hydrogen-bond acceptors (Lipinski definition) is 5. The summed E-state index contributed by atoms with van der Waals surface area (Å²) in [5, 5.41) is 2.28. The lowest BCUT2D eigenvalue weighted by Crippen LogP contribution is -2.41. The lowest BCUT2D eigenvalue weighted by Gasteiger charge is -2.10. The van der Waals surface area contributed by atoms with Crippen molar-refractivity contribution in [2.75, 3.05) is 13.7 Å². The van der Waals surface area contributed by atoms with Crippen LogP contribution in [0.3, 0.4) is 0 Å². The maximum Gasteiger partial charge on any atom is 0.325 e. The van der Waals surface area contributed by atoms with Gasteiger partial charge in [0, 0.05) is 0 Å². The van der Waals surface area contributed by atoms with E-state index < -0.39 is 16.0 Å². The first kappa shape index (κ1) is 15.4. The Bertz CT molecular complexity index is 567. The average Bonchev–Trinajstić information content (AvgIpc) is 2.36. The fourth-order valence-corrected chi connectivity index (χ4v) is 2.49. The summed E-state index contributed by atoms with van der Waals surface area (Å²) in [6.45, 7) is 1.65. The van der Waals surface area contributed by atoms with E-state index in [2.05, 4.69) is 14.8 Å². The van der Waals surface area contributed by atoms with Gasteiger partial charge in [0.25, 0.3) is 10.0 Å². The second-order valence-corrected chi connectivity index (χ2v) is 5.77. The summed E-state index contributed by atoms with van der Waals surface area (Å²) in [4.78, 5) is 11.0. The second kappa shape index (κ2) is 6.48. The molecule has 0 saturated carbocycles. The lowest BCUT2D eigenvalue weighted by atomic mass is 10.2. The number of nitrogens with one attached hydrogen (secondary N) is 2. The van der Waals surface area contributed by atoms with E-state index in [1.807, 2.05) is 6.92 Å². The van der Waals surface area contributed by atoms with Gasteiger partial charge >= 0.3 is 5.97 Å². The van der Waals surface area contributed by atoms with Crippen molar-refractivity contribution in [2.24, 2.45) is 0 Å². The Morgan fingerprint density at radius 1 is 1.32 bits per heavy atom. The van der Waals surface area contributed by atoms with Crippen LogP contribution in [0.1, 0.15) is 5.56 Å². The van der Waals surface area contributed by atoms with Crippen LogP contribution in [0.15, 0.2) is 29.2 Å². The van der Waals surface area contributed by atoms with Gasteiger partial charge in [-0.25, -0.2) is 8.42 Å². The molecule has 0 saturated heterocycles. The third kappa shape index (κ3) is 4.84. The number of ether oxygens (including phenoxy) is 1. The third-order valence-corrected chi connectivity index (χ3v) is 3.92. The van der Waals surface area contributed by atoms with Gasteiger partial charge in [0.2, 0.25) is 0 Å². The molecule has 1 aromatic carbocycles. The first-order chi connectivity index (χ1) is 8.85. The van der Waals surface area contributed by atoms with Crippen LogP contribution in [0.4, 0.5) is 0 Å². The monoisotopic (exact) mass is 302 g/mol. The third-order valence-electron chi connectivity index (χ3n) is 2.18. The maximum atomic E-state index is 11.9. The largest absolute Gasteiger partial charge is 0.468 e. The van der Waals surface area contributed by atoms with E-state index in [0.717, 1.165) is 5.56 Å². The van der Waals surface area contributed by atoms with Crippen LogP contribution in [0.5, 0.6) is 0 Å². The van der Waals surface area contributed by atoms with E-state index in [0.29, 0.717) is 0 Å². The van der Waals surface area contributed by atoms with E-state index in [1.54, 1.807) is 12.1 Å². The fourth-order valence-electron chi connectivity index (χ4n) is 1.16. The van der Waals surface area contributed by atoms with Crippen molar-refractivity contribution in [3.8, 4) is 0 Å². The molecule has 0 unspecified atom stereocenters. The number of benzene rings is 1. The summed E-state index contributed by atoms with van der Waals surface area (Å²) in [5.41, 5.74) is 0.949. The number of thiocarbonyl (C=S) groups is 1. The predicted molar refractivity (Wildman–Crippen MR) is 74.1 cm³/mol. The highest BCUT2D eigenvalue weighted by atomic mass is 32.2. The summed E-state index contributed by atoms with van der Waals surface area (Å²) < 4.78 is 30.4. The van der Waals surface area contributed by atoms with Crippen molar-refractivity contribution in [2.45, 2.75) is 11.8 Å². The molecule has 0 aromatic heterocycles. The zero-order valence-corrected chi connectivity index (χ0v) is 12.1. The summed E-state index contributed by atoms with van der Waals surface area (Å²) in [6.07, 6.45) is 0. The molecule has 0 radical (unpaired) electrons. The molecule has 8 heteroatoms. The minimum absolute atomic E-state index is 0.0975. The number of methoxy groups -OCH3 is 1. The van der Waals surface area contributed by atoms with E-state index in [9.17, 15) is 13.2 Å². The minimum Gasteiger partial charge on any atom is -0.468 e. The Morgan fingerprint density at radius 2 is 1.89 bits per heavy atom. The Hall–Kier alpha value is -1.67. The van der Waals surface area contributed by atoms with Crippen LogP contribution in [-0.4, -0.2) is 33.2 Å². The highest BCUT2D eigenvalue weighted by Crippen LogP contribution is 2.09. The van der Waals surface area contributed by atoms with Crippen LogP contribution in [0.25, 0.3) is 0 Å². The number of sulfonamides is 1. The SMILES string of the molecule is COC(=O)CNC(=S)NS(=O)(=O)c1ccc(C)cc1. The van der Waals surface area contributed by atoms with Crippen molar-refractivity contribution >= 4 is 33.3 Å². The fraction of sp³-hybridized carbons (Fsp3) is 0.273. The van der Waals surface area contributed by atoms with E-state index in [4.69, 9.17) is 12.2 Å². The number of hydrogen-bond donors (Lipinski definition) is 2. The lowest BCUT2D eigenvalue weighted by molar-refractivity contribution is -0.139. The van der Waals surface area contributed by atoms with Crippen LogP contribution in [0, 0.1) is 6.92 Å². The minimum atomic E-state index is -3.74. The number of carbonyl (C=O) groups excluding carboxylic acids is 1. The first-order valence-corrected chi connectivity index (χ1v) is 7.18. The van der Waals surface area contributed by atoms with Gasteiger partial charge < -0.3 is 10.1 Å². The molecule has 0 aliphatic heterocycles. The molecular formula is C11H14N2O4S2. The van der Waals surface area contributed by atoms with Gasteiger partial charge in [-0.2, -0.15) is 0 Å². The van der Waals surface area contributed by atoms with Gasteiger partial charge in [-0.1, -0.05) is 17.7 Å². The summed E-state index contributed by atoms with van der Waals surface area (Å²) >= 11 is 4.79. The highest BCUT2D eigenvalue weighted by molar-refractivity contribution is 7.91. The zero-order chi connectivity index (χ0) is 14.5. The van der Waals surface area contributed by atoms with Crippen LogP contribution in [0.2, 0.25) is 0 Å². The van der Waals surface area contributed by atoms with Crippen molar-refractivity contribution in [1.29, 1.82) is 0 Å². The molecule has 0 amide bonds. The van der Waals surface area contributed by atoms with Crippen molar-refractivity contribution in [3.05, 3.63) is 29.8 Å². The normalized spacial score (nSPS) is 10.6. The van der Waals surface area contributed by atoms with E-state index >= 15 is 0 Å². The smallest absolute Gasteiger partial charge is 0.325 e. The molecule has 2 N–H and O–H groups in total. The standard InChI is InChI=1S/C11H14N2O4S2/c1-8-3-5-9(6-4-8)19(15,16)13-11(18)12-7-10(14)17-2/h3-6H,7H2,1-2H3,(H2,12,13,18). The van der Waals surface area contributed by atoms with Crippen molar-refractivity contribution in [3.63, 3.8) is 0 Å². The van der Waals surface area contributed by atoms with Crippen LogP contribution in [-0.2, 0) is 19.6 Å². The molecule has 6 nitrogen and oxygen atoms in total. The average molecular weight is 302 g/mol. The molecule has 0 fully saturated rings. The number of aryl methyl sites for hydroxylation is 1. The Labute approximate surface area is 117 Å². The quantitative estimate of drug-likeness (QED) is 0.615. The molecule has 0 spiro atoms. The summed E-state index contributed by atoms with van der Waals surface area (Å²) in [5.74, 6) is -0.545. The van der Waals surface area contributed by atoms with Crippen LogP contribution < -0.4 is 10.0 Å². The molecule has 1 aromatic rings. The molecule has 0 bridgehead atoms. The summed E-state index contributed by atoms with van der Waals surface area (Å²) in [7, 11) is -2.51. The molecule has 0 atom stereocenters. The molecule has 0 heterocycles. The number of rotatable bonds is 4. The van der Waals surface area contributed by atoms with Gasteiger partial charge in [0.05, 0.1) is 12.0 Å². The van der Waals surface area contributed by atoms with Gasteiger partial charge in [0.15, 0.2) is 5.11 Å². The number of esters is 1. The van der Waals surface area contributed by atoms with Crippen molar-refractivity contribution in [1.82, 2.24) is 10.0 Å². The molecule has 1 rings (SSSR count). The van der Waals surface area contributed by atoms with Crippen LogP contribution >= 0.6 is 12.2 Å². The maximum absolute atomic E-state index is 11.9. The molecule has 0 aliphatic carbocycles. The molecule has 19 heavy (non-hydrogen) atoms. The van der Waals surface area contributed by atoms with Crippen molar-refractivity contribution < 1.29 is 17.9 Å². The second-order valence-electron chi connectivity index (χ2n) is 3.68. The van der Waals surface area contributed by atoms with Gasteiger partial charge in [-0.3, -0.25) is 9.52 Å². The molecule has 104 valence electrons. The Kier molecular flexibility index (Phi) is 5.25.